The highest BCUT2D eigenvalue weighted by Gasteiger charge is 2.28. The van der Waals surface area contributed by atoms with E-state index in [0.29, 0.717) is 13.2 Å². The van der Waals surface area contributed by atoms with Crippen LogP contribution < -0.4 is 5.73 Å². The van der Waals surface area contributed by atoms with E-state index < -0.39 is 0 Å². The van der Waals surface area contributed by atoms with Gasteiger partial charge in [-0.2, -0.15) is 0 Å². The molecule has 1 aromatic rings. The highest BCUT2D eigenvalue weighted by molar-refractivity contribution is 5.68. The van der Waals surface area contributed by atoms with Crippen LogP contribution in [0.4, 0.5) is 4.79 Å². The Labute approximate surface area is 108 Å². The molecule has 0 bridgehead atoms. The van der Waals surface area contributed by atoms with Gasteiger partial charge in [0.05, 0.1) is 0 Å². The molecule has 1 heterocycles. The van der Waals surface area contributed by atoms with Gasteiger partial charge in [-0.3, -0.25) is 0 Å². The molecule has 4 nitrogen and oxygen atoms in total. The summed E-state index contributed by atoms with van der Waals surface area (Å²) in [5.74, 6) is 0. The summed E-state index contributed by atoms with van der Waals surface area (Å²) in [6, 6.07) is 10.00. The molecule has 1 amide bonds. The van der Waals surface area contributed by atoms with E-state index in [1.807, 2.05) is 35.2 Å². The molecule has 98 valence electrons. The standard InChI is InChI=1S/C14H20N2O2/c15-9-8-13-7-4-10-16(13)14(17)18-11-12-5-2-1-3-6-12/h1-3,5-6,13H,4,7-11,15H2/t13-/m1/s1. The third-order valence-electron chi connectivity index (χ3n) is 3.32. The van der Waals surface area contributed by atoms with Gasteiger partial charge in [-0.05, 0) is 31.4 Å². The zero-order valence-corrected chi connectivity index (χ0v) is 10.5. The molecular formula is C14H20N2O2. The van der Waals surface area contributed by atoms with E-state index in [9.17, 15) is 4.79 Å². The zero-order chi connectivity index (χ0) is 12.8. The summed E-state index contributed by atoms with van der Waals surface area (Å²) in [7, 11) is 0. The van der Waals surface area contributed by atoms with Gasteiger partial charge >= 0.3 is 6.09 Å². The van der Waals surface area contributed by atoms with Gasteiger partial charge in [0.25, 0.3) is 0 Å². The Morgan fingerprint density at radius 1 is 1.39 bits per heavy atom. The second-order valence-corrected chi connectivity index (χ2v) is 4.61. The topological polar surface area (TPSA) is 55.6 Å². The van der Waals surface area contributed by atoms with Crippen LogP contribution in [0.5, 0.6) is 0 Å². The minimum Gasteiger partial charge on any atom is -0.445 e. The number of nitrogens with zero attached hydrogens (tertiary/aromatic N) is 1. The van der Waals surface area contributed by atoms with Crippen LogP contribution in [0.2, 0.25) is 0 Å². The average Bonchev–Trinajstić information content (AvgIpc) is 2.86. The normalized spacial score (nSPS) is 18.9. The molecule has 4 heteroatoms. The number of ether oxygens (including phenoxy) is 1. The maximum atomic E-state index is 12.0. The molecule has 18 heavy (non-hydrogen) atoms. The SMILES string of the molecule is NCC[C@H]1CCCN1C(=O)OCc1ccccc1. The molecule has 0 saturated carbocycles. The Kier molecular flexibility index (Phi) is 4.59. The summed E-state index contributed by atoms with van der Waals surface area (Å²) < 4.78 is 5.33. The fraction of sp³-hybridized carbons (Fsp3) is 0.500. The van der Waals surface area contributed by atoms with Gasteiger partial charge in [0.15, 0.2) is 0 Å². The first kappa shape index (κ1) is 12.9. The molecule has 2 N–H and O–H groups in total. The Hall–Kier alpha value is -1.55. The number of rotatable bonds is 4. The van der Waals surface area contributed by atoms with Gasteiger partial charge in [-0.1, -0.05) is 30.3 Å². The number of hydrogen-bond donors (Lipinski definition) is 1. The van der Waals surface area contributed by atoms with E-state index in [-0.39, 0.29) is 12.1 Å². The minimum absolute atomic E-state index is 0.213. The van der Waals surface area contributed by atoms with E-state index in [4.69, 9.17) is 10.5 Å². The van der Waals surface area contributed by atoms with Gasteiger partial charge in [0.1, 0.15) is 6.61 Å². The minimum atomic E-state index is -0.213. The second-order valence-electron chi connectivity index (χ2n) is 4.61. The number of nitrogens with two attached hydrogens (primary N) is 1. The lowest BCUT2D eigenvalue weighted by atomic mass is 10.1. The molecule has 0 aromatic heterocycles. The summed E-state index contributed by atoms with van der Waals surface area (Å²) >= 11 is 0. The van der Waals surface area contributed by atoms with Crippen molar-refractivity contribution in [2.24, 2.45) is 5.73 Å². The molecule has 0 radical (unpaired) electrons. The molecule has 1 saturated heterocycles. The largest absolute Gasteiger partial charge is 0.445 e. The Bertz CT molecular complexity index is 381. The molecule has 1 aliphatic rings. The van der Waals surface area contributed by atoms with Crippen LogP contribution in [0.25, 0.3) is 0 Å². The average molecular weight is 248 g/mol. The van der Waals surface area contributed by atoms with Gasteiger partial charge in [0.2, 0.25) is 0 Å². The number of hydrogen-bond acceptors (Lipinski definition) is 3. The molecular weight excluding hydrogens is 228 g/mol. The smallest absolute Gasteiger partial charge is 0.410 e. The number of carbonyl (C=O) groups is 1. The lowest BCUT2D eigenvalue weighted by molar-refractivity contribution is 0.0912. The van der Waals surface area contributed by atoms with Crippen molar-refractivity contribution in [2.75, 3.05) is 13.1 Å². The van der Waals surface area contributed by atoms with E-state index in [2.05, 4.69) is 0 Å². The van der Waals surface area contributed by atoms with Crippen molar-refractivity contribution in [3.63, 3.8) is 0 Å². The van der Waals surface area contributed by atoms with Crippen LogP contribution in [-0.4, -0.2) is 30.1 Å². The van der Waals surface area contributed by atoms with Gasteiger partial charge in [0, 0.05) is 12.6 Å². The van der Waals surface area contributed by atoms with Gasteiger partial charge in [-0.15, -0.1) is 0 Å². The third kappa shape index (κ3) is 3.23. The lowest BCUT2D eigenvalue weighted by Gasteiger charge is -2.23. The Balaban J connectivity index is 1.84. The van der Waals surface area contributed by atoms with Crippen molar-refractivity contribution in [1.29, 1.82) is 0 Å². The summed E-state index contributed by atoms with van der Waals surface area (Å²) in [5.41, 5.74) is 6.57. The summed E-state index contributed by atoms with van der Waals surface area (Å²) in [5, 5.41) is 0. The Morgan fingerprint density at radius 2 is 2.17 bits per heavy atom. The summed E-state index contributed by atoms with van der Waals surface area (Å²) in [4.78, 5) is 13.8. The van der Waals surface area contributed by atoms with Crippen LogP contribution in [0.3, 0.4) is 0 Å². The number of likely N-dealkylation sites (tertiary alicyclic amines) is 1. The van der Waals surface area contributed by atoms with Crippen molar-refractivity contribution in [3.05, 3.63) is 35.9 Å². The molecule has 1 aromatic carbocycles. The van der Waals surface area contributed by atoms with Gasteiger partial charge in [-0.25, -0.2) is 4.79 Å². The maximum Gasteiger partial charge on any atom is 0.410 e. The highest BCUT2D eigenvalue weighted by Crippen LogP contribution is 2.20. The first-order valence-electron chi connectivity index (χ1n) is 6.48. The first-order valence-corrected chi connectivity index (χ1v) is 6.48. The van der Waals surface area contributed by atoms with Crippen molar-refractivity contribution < 1.29 is 9.53 Å². The molecule has 2 rings (SSSR count). The summed E-state index contributed by atoms with van der Waals surface area (Å²) in [6.45, 7) is 1.75. The van der Waals surface area contributed by atoms with Crippen molar-refractivity contribution >= 4 is 6.09 Å². The summed E-state index contributed by atoms with van der Waals surface area (Å²) in [6.07, 6.45) is 2.73. The van der Waals surface area contributed by atoms with E-state index in [1.165, 1.54) is 0 Å². The van der Waals surface area contributed by atoms with Crippen molar-refractivity contribution in [2.45, 2.75) is 31.9 Å². The lowest BCUT2D eigenvalue weighted by Crippen LogP contribution is -2.37. The fourth-order valence-electron chi connectivity index (χ4n) is 2.37. The van der Waals surface area contributed by atoms with Crippen molar-refractivity contribution in [3.8, 4) is 0 Å². The molecule has 1 atom stereocenters. The molecule has 0 aliphatic carbocycles. The highest BCUT2D eigenvalue weighted by atomic mass is 16.6. The number of benzene rings is 1. The predicted octanol–water partition coefficient (Wildman–Crippen LogP) is 2.14. The first-order chi connectivity index (χ1) is 8.81. The quantitative estimate of drug-likeness (QED) is 0.888. The molecule has 1 fully saturated rings. The monoisotopic (exact) mass is 248 g/mol. The van der Waals surface area contributed by atoms with Crippen LogP contribution in [0.15, 0.2) is 30.3 Å². The fourth-order valence-corrected chi connectivity index (χ4v) is 2.37. The zero-order valence-electron chi connectivity index (χ0n) is 10.5. The number of amides is 1. The molecule has 0 unspecified atom stereocenters. The molecule has 0 spiro atoms. The predicted molar refractivity (Wildman–Crippen MR) is 70.0 cm³/mol. The van der Waals surface area contributed by atoms with Crippen LogP contribution in [0.1, 0.15) is 24.8 Å². The third-order valence-corrected chi connectivity index (χ3v) is 3.32. The van der Waals surface area contributed by atoms with Crippen LogP contribution in [0, 0.1) is 0 Å². The van der Waals surface area contributed by atoms with Crippen LogP contribution in [-0.2, 0) is 11.3 Å². The second kappa shape index (κ2) is 6.40. The van der Waals surface area contributed by atoms with Crippen molar-refractivity contribution in [1.82, 2.24) is 4.90 Å². The van der Waals surface area contributed by atoms with Gasteiger partial charge < -0.3 is 15.4 Å². The molecule has 1 aliphatic heterocycles. The van der Waals surface area contributed by atoms with Crippen LogP contribution >= 0.6 is 0 Å². The maximum absolute atomic E-state index is 12.0. The van der Waals surface area contributed by atoms with E-state index >= 15 is 0 Å². The van der Waals surface area contributed by atoms with E-state index in [0.717, 1.165) is 31.4 Å². The Morgan fingerprint density at radius 3 is 2.89 bits per heavy atom. The van der Waals surface area contributed by atoms with E-state index in [1.54, 1.807) is 0 Å². The number of carbonyl (C=O) groups excluding carboxylic acids is 1.